The summed E-state index contributed by atoms with van der Waals surface area (Å²) in [6.45, 7) is 0. The van der Waals surface area contributed by atoms with Gasteiger partial charge >= 0.3 is 6.09 Å². The van der Waals surface area contributed by atoms with Crippen molar-refractivity contribution in [3.05, 3.63) is 36.8 Å². The standard InChI is InChI=1S/C10H10N4O2/c1-16-10(15)13-9-7-8(3-5-11-9)14-6-2-4-12-14/h2-7H,1H3,(H,11,13,15). The Bertz CT molecular complexity index is 481. The highest BCUT2D eigenvalue weighted by atomic mass is 16.5. The van der Waals surface area contributed by atoms with E-state index in [1.807, 2.05) is 6.07 Å². The molecule has 6 nitrogen and oxygen atoms in total. The Kier molecular flexibility index (Phi) is 2.81. The maximum absolute atomic E-state index is 11.0. The van der Waals surface area contributed by atoms with Gasteiger partial charge in [-0.25, -0.2) is 14.5 Å². The lowest BCUT2D eigenvalue weighted by Gasteiger charge is -2.05. The molecule has 82 valence electrons. The molecule has 1 N–H and O–H groups in total. The quantitative estimate of drug-likeness (QED) is 0.828. The zero-order valence-corrected chi connectivity index (χ0v) is 8.62. The first-order chi connectivity index (χ1) is 7.79. The van der Waals surface area contributed by atoms with Crippen LogP contribution in [0.15, 0.2) is 36.8 Å². The van der Waals surface area contributed by atoms with Crippen LogP contribution in [0.1, 0.15) is 0 Å². The van der Waals surface area contributed by atoms with Gasteiger partial charge in [-0.05, 0) is 12.1 Å². The van der Waals surface area contributed by atoms with E-state index in [1.54, 1.807) is 35.4 Å². The van der Waals surface area contributed by atoms with Crippen molar-refractivity contribution in [2.75, 3.05) is 12.4 Å². The fourth-order valence-corrected chi connectivity index (χ4v) is 1.21. The molecule has 2 heterocycles. The Balaban J connectivity index is 2.23. The second kappa shape index (κ2) is 4.43. The number of carbonyl (C=O) groups excluding carboxylic acids is 1. The number of carbonyl (C=O) groups is 1. The van der Waals surface area contributed by atoms with Gasteiger partial charge in [0.25, 0.3) is 0 Å². The molecule has 2 aromatic rings. The molecule has 0 saturated heterocycles. The minimum atomic E-state index is -0.551. The van der Waals surface area contributed by atoms with Crippen molar-refractivity contribution < 1.29 is 9.53 Å². The topological polar surface area (TPSA) is 69.0 Å². The zero-order valence-electron chi connectivity index (χ0n) is 8.62. The number of nitrogens with one attached hydrogen (secondary N) is 1. The fourth-order valence-electron chi connectivity index (χ4n) is 1.21. The van der Waals surface area contributed by atoms with Crippen molar-refractivity contribution in [3.63, 3.8) is 0 Å². The van der Waals surface area contributed by atoms with E-state index in [-0.39, 0.29) is 0 Å². The molecule has 0 aliphatic carbocycles. The second-order valence-electron chi connectivity index (χ2n) is 2.97. The number of methoxy groups -OCH3 is 1. The van der Waals surface area contributed by atoms with Crippen LogP contribution in [0.4, 0.5) is 10.6 Å². The maximum atomic E-state index is 11.0. The molecular weight excluding hydrogens is 208 g/mol. The summed E-state index contributed by atoms with van der Waals surface area (Å²) >= 11 is 0. The van der Waals surface area contributed by atoms with E-state index in [4.69, 9.17) is 0 Å². The highest BCUT2D eigenvalue weighted by Crippen LogP contribution is 2.10. The van der Waals surface area contributed by atoms with Gasteiger partial charge in [-0.1, -0.05) is 0 Å². The van der Waals surface area contributed by atoms with E-state index < -0.39 is 6.09 Å². The highest BCUT2D eigenvalue weighted by Gasteiger charge is 2.03. The number of hydrogen-bond donors (Lipinski definition) is 1. The van der Waals surface area contributed by atoms with Crippen LogP contribution in [-0.2, 0) is 4.74 Å². The smallest absolute Gasteiger partial charge is 0.412 e. The van der Waals surface area contributed by atoms with E-state index in [0.29, 0.717) is 5.82 Å². The number of aromatic nitrogens is 3. The van der Waals surface area contributed by atoms with Gasteiger partial charge in [-0.3, -0.25) is 5.32 Å². The van der Waals surface area contributed by atoms with Crippen molar-refractivity contribution in [1.82, 2.24) is 14.8 Å². The molecule has 0 aliphatic rings. The van der Waals surface area contributed by atoms with Gasteiger partial charge in [0.05, 0.1) is 12.8 Å². The summed E-state index contributed by atoms with van der Waals surface area (Å²) in [5, 5.41) is 6.55. The van der Waals surface area contributed by atoms with E-state index >= 15 is 0 Å². The molecule has 2 aromatic heterocycles. The van der Waals surface area contributed by atoms with Crippen LogP contribution in [0.2, 0.25) is 0 Å². The van der Waals surface area contributed by atoms with Crippen molar-refractivity contribution in [1.29, 1.82) is 0 Å². The summed E-state index contributed by atoms with van der Waals surface area (Å²) in [6.07, 6.45) is 4.51. The second-order valence-corrected chi connectivity index (χ2v) is 2.97. The van der Waals surface area contributed by atoms with Gasteiger partial charge in [-0.15, -0.1) is 0 Å². The lowest BCUT2D eigenvalue weighted by atomic mass is 10.4. The first kappa shape index (κ1) is 10.2. The SMILES string of the molecule is COC(=O)Nc1cc(-n2cccn2)ccn1. The Labute approximate surface area is 91.9 Å². The predicted octanol–water partition coefficient (Wildman–Crippen LogP) is 1.45. The summed E-state index contributed by atoms with van der Waals surface area (Å²) in [4.78, 5) is 15.0. The number of nitrogens with zero attached hydrogens (tertiary/aromatic N) is 3. The number of pyridine rings is 1. The molecule has 0 aromatic carbocycles. The molecule has 0 fully saturated rings. The Morgan fingerprint density at radius 3 is 3.06 bits per heavy atom. The van der Waals surface area contributed by atoms with Gasteiger partial charge in [0.1, 0.15) is 5.82 Å². The summed E-state index contributed by atoms with van der Waals surface area (Å²) in [5.41, 5.74) is 0.811. The molecule has 0 unspecified atom stereocenters. The largest absolute Gasteiger partial charge is 0.453 e. The van der Waals surface area contributed by atoms with Gasteiger partial charge in [-0.2, -0.15) is 5.10 Å². The number of hydrogen-bond acceptors (Lipinski definition) is 4. The van der Waals surface area contributed by atoms with E-state index in [0.717, 1.165) is 5.69 Å². The number of ether oxygens (including phenoxy) is 1. The van der Waals surface area contributed by atoms with Crippen LogP contribution in [0, 0.1) is 0 Å². The van der Waals surface area contributed by atoms with Crippen molar-refractivity contribution in [2.24, 2.45) is 0 Å². The third-order valence-electron chi connectivity index (χ3n) is 1.93. The van der Waals surface area contributed by atoms with Crippen molar-refractivity contribution in [2.45, 2.75) is 0 Å². The summed E-state index contributed by atoms with van der Waals surface area (Å²) in [6, 6.07) is 5.30. The van der Waals surface area contributed by atoms with Gasteiger partial charge < -0.3 is 4.74 Å². The first-order valence-corrected chi connectivity index (χ1v) is 4.60. The summed E-state index contributed by atoms with van der Waals surface area (Å²) < 4.78 is 6.14. The first-order valence-electron chi connectivity index (χ1n) is 4.60. The molecule has 0 aliphatic heterocycles. The Morgan fingerprint density at radius 1 is 1.50 bits per heavy atom. The number of amides is 1. The highest BCUT2D eigenvalue weighted by molar-refractivity contribution is 5.83. The lowest BCUT2D eigenvalue weighted by molar-refractivity contribution is 0.187. The molecular formula is C10H10N4O2. The Morgan fingerprint density at radius 2 is 2.38 bits per heavy atom. The van der Waals surface area contributed by atoms with Gasteiger partial charge in [0.2, 0.25) is 0 Å². The monoisotopic (exact) mass is 218 g/mol. The van der Waals surface area contributed by atoms with Crippen LogP contribution in [-0.4, -0.2) is 28.0 Å². The molecule has 0 atom stereocenters. The third kappa shape index (κ3) is 2.17. The molecule has 0 bridgehead atoms. The van der Waals surface area contributed by atoms with Crippen molar-refractivity contribution >= 4 is 11.9 Å². The lowest BCUT2D eigenvalue weighted by Crippen LogP contribution is -2.12. The summed E-state index contributed by atoms with van der Waals surface area (Å²) in [7, 11) is 1.30. The van der Waals surface area contributed by atoms with E-state index in [2.05, 4.69) is 20.1 Å². The molecule has 0 radical (unpaired) electrons. The van der Waals surface area contributed by atoms with Gasteiger partial charge in [0.15, 0.2) is 0 Å². The molecule has 1 amide bonds. The molecule has 6 heteroatoms. The van der Waals surface area contributed by atoms with Gasteiger partial charge in [0, 0.05) is 24.7 Å². The van der Waals surface area contributed by atoms with Crippen LogP contribution < -0.4 is 5.32 Å². The normalized spacial score (nSPS) is 9.81. The van der Waals surface area contributed by atoms with Crippen LogP contribution in [0.25, 0.3) is 5.69 Å². The predicted molar refractivity (Wildman–Crippen MR) is 57.4 cm³/mol. The van der Waals surface area contributed by atoms with E-state index in [1.165, 1.54) is 7.11 Å². The molecule has 0 saturated carbocycles. The molecule has 16 heavy (non-hydrogen) atoms. The average Bonchev–Trinajstić information content (AvgIpc) is 2.83. The average molecular weight is 218 g/mol. The maximum Gasteiger partial charge on any atom is 0.412 e. The minimum Gasteiger partial charge on any atom is -0.453 e. The van der Waals surface area contributed by atoms with Crippen LogP contribution >= 0.6 is 0 Å². The zero-order chi connectivity index (χ0) is 11.4. The minimum absolute atomic E-state index is 0.417. The molecule has 0 spiro atoms. The Hall–Kier alpha value is -2.37. The van der Waals surface area contributed by atoms with Crippen molar-refractivity contribution in [3.8, 4) is 5.69 Å². The number of rotatable bonds is 2. The number of anilines is 1. The van der Waals surface area contributed by atoms with Crippen LogP contribution in [0.3, 0.4) is 0 Å². The fraction of sp³-hybridized carbons (Fsp3) is 0.100. The van der Waals surface area contributed by atoms with Crippen LogP contribution in [0.5, 0.6) is 0 Å². The van der Waals surface area contributed by atoms with E-state index in [9.17, 15) is 4.79 Å². The summed E-state index contributed by atoms with van der Waals surface area (Å²) in [5.74, 6) is 0.417. The third-order valence-corrected chi connectivity index (χ3v) is 1.93. The molecule has 2 rings (SSSR count).